The molecule has 0 spiro atoms. The first kappa shape index (κ1) is 15.0. The number of anilines is 1. The molecule has 0 aliphatic heterocycles. The summed E-state index contributed by atoms with van der Waals surface area (Å²) in [5, 5.41) is 9.06. The summed E-state index contributed by atoms with van der Waals surface area (Å²) in [5.74, 6) is 0.0972. The average molecular weight is 271 g/mol. The molecule has 4 nitrogen and oxygen atoms in total. The molecule has 0 atom stereocenters. The second-order valence-electron chi connectivity index (χ2n) is 4.46. The van der Waals surface area contributed by atoms with E-state index in [2.05, 4.69) is 0 Å². The Labute approximate surface area is 109 Å². The fourth-order valence-electron chi connectivity index (χ4n) is 1.98. The molecule has 0 unspecified atom stereocenters. The van der Waals surface area contributed by atoms with Gasteiger partial charge in [-0.3, -0.25) is 4.31 Å². The van der Waals surface area contributed by atoms with Gasteiger partial charge in [-0.15, -0.1) is 0 Å². The highest BCUT2D eigenvalue weighted by Crippen LogP contribution is 2.22. The van der Waals surface area contributed by atoms with E-state index in [1.165, 1.54) is 4.31 Å². The Morgan fingerprint density at radius 3 is 2.17 bits per heavy atom. The zero-order valence-electron chi connectivity index (χ0n) is 11.2. The van der Waals surface area contributed by atoms with E-state index in [0.29, 0.717) is 12.1 Å². The second kappa shape index (κ2) is 6.20. The maximum atomic E-state index is 12.2. The average Bonchev–Trinajstić information content (AvgIpc) is 2.24. The van der Waals surface area contributed by atoms with Gasteiger partial charge in [-0.05, 0) is 43.5 Å². The summed E-state index contributed by atoms with van der Waals surface area (Å²) in [7, 11) is -3.35. The molecule has 0 aromatic heterocycles. The van der Waals surface area contributed by atoms with Gasteiger partial charge >= 0.3 is 0 Å². The van der Waals surface area contributed by atoms with E-state index in [1.807, 2.05) is 39.0 Å². The lowest BCUT2D eigenvalue weighted by molar-refractivity contribution is 0.306. The molecule has 0 heterocycles. The number of hydrogen-bond acceptors (Lipinski definition) is 3. The lowest BCUT2D eigenvalue weighted by Gasteiger charge is -2.24. The molecule has 102 valence electrons. The molecule has 0 aliphatic rings. The Morgan fingerprint density at radius 1 is 1.17 bits per heavy atom. The van der Waals surface area contributed by atoms with E-state index >= 15 is 0 Å². The molecule has 0 amide bonds. The SMILES string of the molecule is CCCS(=O)(=O)N(CCO)c1cc(C)cc(C)c1. The third kappa shape index (κ3) is 3.71. The lowest BCUT2D eigenvalue weighted by atomic mass is 10.1. The fourth-order valence-corrected chi connectivity index (χ4v) is 3.51. The molecule has 5 heteroatoms. The molecule has 1 rings (SSSR count). The monoisotopic (exact) mass is 271 g/mol. The zero-order valence-corrected chi connectivity index (χ0v) is 12.0. The summed E-state index contributed by atoms with van der Waals surface area (Å²) in [4.78, 5) is 0. The summed E-state index contributed by atoms with van der Waals surface area (Å²) < 4.78 is 25.6. The predicted octanol–water partition coefficient (Wildman–Crippen LogP) is 1.84. The van der Waals surface area contributed by atoms with Crippen LogP contribution in [0.3, 0.4) is 0 Å². The third-order valence-electron chi connectivity index (χ3n) is 2.60. The number of aliphatic hydroxyl groups is 1. The van der Waals surface area contributed by atoms with E-state index < -0.39 is 10.0 Å². The first-order valence-electron chi connectivity index (χ1n) is 6.10. The van der Waals surface area contributed by atoms with Gasteiger partial charge in [0.25, 0.3) is 0 Å². The quantitative estimate of drug-likeness (QED) is 0.859. The Balaban J connectivity index is 3.19. The van der Waals surface area contributed by atoms with Crippen LogP contribution in [-0.2, 0) is 10.0 Å². The van der Waals surface area contributed by atoms with Crippen molar-refractivity contribution in [1.82, 2.24) is 0 Å². The molecule has 0 aliphatic carbocycles. The normalized spacial score (nSPS) is 11.6. The van der Waals surface area contributed by atoms with Gasteiger partial charge in [0.15, 0.2) is 0 Å². The summed E-state index contributed by atoms with van der Waals surface area (Å²) in [6.45, 7) is 5.61. The molecule has 0 saturated carbocycles. The van der Waals surface area contributed by atoms with Gasteiger partial charge in [-0.25, -0.2) is 8.42 Å². The molecule has 18 heavy (non-hydrogen) atoms. The van der Waals surface area contributed by atoms with Crippen molar-refractivity contribution in [3.63, 3.8) is 0 Å². The van der Waals surface area contributed by atoms with Crippen LogP contribution in [0.4, 0.5) is 5.69 Å². The Bertz CT molecular complexity index is 477. The minimum Gasteiger partial charge on any atom is -0.394 e. The lowest BCUT2D eigenvalue weighted by Crippen LogP contribution is -2.35. The molecular weight excluding hydrogens is 250 g/mol. The maximum Gasteiger partial charge on any atom is 0.235 e. The Hall–Kier alpha value is -1.07. The number of hydrogen-bond donors (Lipinski definition) is 1. The number of aliphatic hydroxyl groups excluding tert-OH is 1. The van der Waals surface area contributed by atoms with E-state index in [-0.39, 0.29) is 18.9 Å². The highest BCUT2D eigenvalue weighted by Gasteiger charge is 2.21. The van der Waals surface area contributed by atoms with Crippen molar-refractivity contribution >= 4 is 15.7 Å². The molecule has 0 fully saturated rings. The van der Waals surface area contributed by atoms with Crippen LogP contribution in [0.2, 0.25) is 0 Å². The minimum absolute atomic E-state index is 0.0972. The van der Waals surface area contributed by atoms with Gasteiger partial charge in [0, 0.05) is 0 Å². The van der Waals surface area contributed by atoms with Crippen LogP contribution in [0.15, 0.2) is 18.2 Å². The molecule has 1 N–H and O–H groups in total. The Kier molecular flexibility index (Phi) is 5.16. The molecular formula is C13H21NO3S. The summed E-state index contributed by atoms with van der Waals surface area (Å²) in [6, 6.07) is 5.65. The van der Waals surface area contributed by atoms with Crippen molar-refractivity contribution in [3.05, 3.63) is 29.3 Å². The van der Waals surface area contributed by atoms with Crippen LogP contribution in [0.1, 0.15) is 24.5 Å². The van der Waals surface area contributed by atoms with Crippen LogP contribution < -0.4 is 4.31 Å². The summed E-state index contributed by atoms with van der Waals surface area (Å²) >= 11 is 0. The summed E-state index contributed by atoms with van der Waals surface area (Å²) in [6.07, 6.45) is 0.565. The second-order valence-corrected chi connectivity index (χ2v) is 6.47. The van der Waals surface area contributed by atoms with Crippen LogP contribution >= 0.6 is 0 Å². The smallest absolute Gasteiger partial charge is 0.235 e. The molecule has 0 bridgehead atoms. The van der Waals surface area contributed by atoms with Crippen molar-refractivity contribution in [2.24, 2.45) is 0 Å². The summed E-state index contributed by atoms with van der Waals surface area (Å²) in [5.41, 5.74) is 2.66. The Morgan fingerprint density at radius 2 is 1.72 bits per heavy atom. The molecule has 1 aromatic carbocycles. The number of benzene rings is 1. The van der Waals surface area contributed by atoms with Crippen LogP contribution in [0, 0.1) is 13.8 Å². The largest absolute Gasteiger partial charge is 0.394 e. The third-order valence-corrected chi connectivity index (χ3v) is 4.58. The van der Waals surface area contributed by atoms with Gasteiger partial charge in [-0.1, -0.05) is 13.0 Å². The van der Waals surface area contributed by atoms with Crippen molar-refractivity contribution in [2.45, 2.75) is 27.2 Å². The first-order valence-corrected chi connectivity index (χ1v) is 7.71. The first-order chi connectivity index (χ1) is 8.40. The van der Waals surface area contributed by atoms with Crippen LogP contribution in [0.5, 0.6) is 0 Å². The predicted molar refractivity (Wildman–Crippen MR) is 74.4 cm³/mol. The maximum absolute atomic E-state index is 12.2. The van der Waals surface area contributed by atoms with Gasteiger partial charge in [0.2, 0.25) is 10.0 Å². The van der Waals surface area contributed by atoms with Crippen molar-refractivity contribution in [2.75, 3.05) is 23.2 Å². The van der Waals surface area contributed by atoms with E-state index in [0.717, 1.165) is 11.1 Å². The topological polar surface area (TPSA) is 57.6 Å². The van der Waals surface area contributed by atoms with Crippen LogP contribution in [0.25, 0.3) is 0 Å². The highest BCUT2D eigenvalue weighted by molar-refractivity contribution is 7.92. The van der Waals surface area contributed by atoms with E-state index in [9.17, 15) is 8.42 Å². The number of sulfonamides is 1. The molecule has 1 aromatic rings. The highest BCUT2D eigenvalue weighted by atomic mass is 32.2. The number of aryl methyl sites for hydroxylation is 2. The van der Waals surface area contributed by atoms with Gasteiger partial charge in [0.1, 0.15) is 0 Å². The molecule has 0 radical (unpaired) electrons. The van der Waals surface area contributed by atoms with Gasteiger partial charge < -0.3 is 5.11 Å². The van der Waals surface area contributed by atoms with Crippen molar-refractivity contribution < 1.29 is 13.5 Å². The number of rotatable bonds is 6. The number of nitrogens with zero attached hydrogens (tertiary/aromatic N) is 1. The van der Waals surface area contributed by atoms with Gasteiger partial charge in [-0.2, -0.15) is 0 Å². The standard InChI is InChI=1S/C13H21NO3S/c1-4-7-18(16,17)14(5-6-15)13-9-11(2)8-12(3)10-13/h8-10,15H,4-7H2,1-3H3. The van der Waals surface area contributed by atoms with Crippen LogP contribution in [-0.4, -0.2) is 32.4 Å². The van der Waals surface area contributed by atoms with Crippen molar-refractivity contribution in [3.8, 4) is 0 Å². The van der Waals surface area contributed by atoms with E-state index in [1.54, 1.807) is 0 Å². The zero-order chi connectivity index (χ0) is 13.8. The van der Waals surface area contributed by atoms with E-state index in [4.69, 9.17) is 5.11 Å². The van der Waals surface area contributed by atoms with Gasteiger partial charge in [0.05, 0.1) is 24.6 Å². The fraction of sp³-hybridized carbons (Fsp3) is 0.538. The van der Waals surface area contributed by atoms with Crippen molar-refractivity contribution in [1.29, 1.82) is 0 Å². The minimum atomic E-state index is -3.35. The molecule has 0 saturated heterocycles.